The molecule has 1 aromatic heterocycles. The summed E-state index contributed by atoms with van der Waals surface area (Å²) >= 11 is 3.12. The molecule has 0 radical (unpaired) electrons. The molecule has 18 heavy (non-hydrogen) atoms. The van der Waals surface area contributed by atoms with Gasteiger partial charge in [0.25, 0.3) is 0 Å². The van der Waals surface area contributed by atoms with E-state index in [1.165, 1.54) is 6.07 Å². The maximum Gasteiger partial charge on any atom is 0.152 e. The molecule has 0 aliphatic heterocycles. The minimum absolute atomic E-state index is 0.371. The molecule has 0 spiro atoms. The van der Waals surface area contributed by atoms with E-state index < -0.39 is 0 Å². The van der Waals surface area contributed by atoms with Crippen molar-refractivity contribution < 1.29 is 4.39 Å². The molecule has 0 saturated carbocycles. The number of aromatic nitrogens is 3. The van der Waals surface area contributed by atoms with Gasteiger partial charge in [-0.15, -0.1) is 0 Å². The van der Waals surface area contributed by atoms with Crippen molar-refractivity contribution in [2.24, 2.45) is 7.05 Å². The van der Waals surface area contributed by atoms with Crippen LogP contribution >= 0.6 is 15.9 Å². The van der Waals surface area contributed by atoms with Crippen LogP contribution in [0, 0.1) is 5.82 Å². The summed E-state index contributed by atoms with van der Waals surface area (Å²) in [5.74, 6) is 0.384. The Bertz CT molecular complexity index is 554. The van der Waals surface area contributed by atoms with Crippen molar-refractivity contribution in [3.05, 3.63) is 34.6 Å². The Kier molecular flexibility index (Phi) is 3.81. The summed E-state index contributed by atoms with van der Waals surface area (Å²) in [5, 5.41) is 7.29. The fraction of sp³-hybridized carbons (Fsp3) is 0.273. The van der Waals surface area contributed by atoms with Gasteiger partial charge in [0, 0.05) is 26.1 Å². The smallest absolute Gasteiger partial charge is 0.152 e. The quantitative estimate of drug-likeness (QED) is 0.847. The average molecular weight is 314 g/mol. The molecule has 1 aromatic carbocycles. The summed E-state index contributed by atoms with van der Waals surface area (Å²) in [7, 11) is 1.82. The van der Waals surface area contributed by atoms with Crippen LogP contribution in [0.3, 0.4) is 0 Å². The number of nitrogens with one attached hydrogen (secondary N) is 1. The monoisotopic (exact) mass is 313 g/mol. The highest BCUT2D eigenvalue weighted by atomic mass is 79.9. The van der Waals surface area contributed by atoms with Crippen LogP contribution in [-0.2, 0) is 13.5 Å². The predicted molar refractivity (Wildman–Crippen MR) is 71.7 cm³/mol. The first-order valence-electron chi connectivity index (χ1n) is 5.39. The summed E-state index contributed by atoms with van der Waals surface area (Å²) < 4.78 is 15.2. The molecule has 0 amide bonds. The lowest BCUT2D eigenvalue weighted by Gasteiger charge is -2.09. The average Bonchev–Trinajstić information content (AvgIpc) is 2.71. The number of aryl methyl sites for hydroxylation is 1. The third-order valence-electron chi connectivity index (χ3n) is 2.40. The van der Waals surface area contributed by atoms with Gasteiger partial charge in [-0.3, -0.25) is 4.68 Å². The summed E-state index contributed by atoms with van der Waals surface area (Å²) in [6.07, 6.45) is 2.33. The van der Waals surface area contributed by atoms with Crippen LogP contribution < -0.4 is 11.1 Å². The van der Waals surface area contributed by atoms with E-state index in [9.17, 15) is 4.39 Å². The first kappa shape index (κ1) is 12.8. The van der Waals surface area contributed by atoms with E-state index in [0.717, 1.165) is 5.82 Å². The zero-order valence-corrected chi connectivity index (χ0v) is 11.4. The minimum Gasteiger partial charge on any atom is -0.397 e. The molecular formula is C11H13BrFN5. The third kappa shape index (κ3) is 2.98. The van der Waals surface area contributed by atoms with Crippen molar-refractivity contribution in [2.45, 2.75) is 6.42 Å². The molecule has 96 valence electrons. The number of nitrogens with zero attached hydrogens (tertiary/aromatic N) is 3. The lowest BCUT2D eigenvalue weighted by atomic mass is 10.2. The Morgan fingerprint density at radius 2 is 2.28 bits per heavy atom. The first-order valence-corrected chi connectivity index (χ1v) is 6.18. The highest BCUT2D eigenvalue weighted by molar-refractivity contribution is 9.10. The highest BCUT2D eigenvalue weighted by Gasteiger charge is 2.06. The number of benzene rings is 1. The Hall–Kier alpha value is -1.63. The Morgan fingerprint density at radius 3 is 2.94 bits per heavy atom. The Balaban J connectivity index is 1.96. The van der Waals surface area contributed by atoms with Crippen molar-refractivity contribution in [1.29, 1.82) is 0 Å². The zero-order chi connectivity index (χ0) is 13.1. The molecule has 0 saturated heterocycles. The fourth-order valence-corrected chi connectivity index (χ4v) is 1.87. The van der Waals surface area contributed by atoms with Gasteiger partial charge in [0.2, 0.25) is 0 Å². The van der Waals surface area contributed by atoms with Crippen molar-refractivity contribution >= 4 is 27.3 Å². The lowest BCUT2D eigenvalue weighted by molar-refractivity contribution is 0.622. The van der Waals surface area contributed by atoms with Crippen LogP contribution in [-0.4, -0.2) is 21.3 Å². The van der Waals surface area contributed by atoms with E-state index in [2.05, 4.69) is 31.3 Å². The molecule has 0 atom stereocenters. The maximum absolute atomic E-state index is 13.2. The van der Waals surface area contributed by atoms with Crippen molar-refractivity contribution in [3.63, 3.8) is 0 Å². The summed E-state index contributed by atoms with van der Waals surface area (Å²) in [4.78, 5) is 4.11. The molecular weight excluding hydrogens is 301 g/mol. The van der Waals surface area contributed by atoms with Crippen LogP contribution in [0.2, 0.25) is 0 Å². The second-order valence-electron chi connectivity index (χ2n) is 3.86. The van der Waals surface area contributed by atoms with Crippen molar-refractivity contribution in [2.75, 3.05) is 17.6 Å². The van der Waals surface area contributed by atoms with Crippen LogP contribution in [0.15, 0.2) is 22.9 Å². The van der Waals surface area contributed by atoms with Gasteiger partial charge in [0.1, 0.15) is 12.1 Å². The van der Waals surface area contributed by atoms with E-state index in [1.54, 1.807) is 17.1 Å². The molecule has 0 bridgehead atoms. The van der Waals surface area contributed by atoms with Gasteiger partial charge in [-0.05, 0) is 22.0 Å². The van der Waals surface area contributed by atoms with Gasteiger partial charge in [0.05, 0.1) is 15.8 Å². The number of nitrogens with two attached hydrogens (primary N) is 1. The third-order valence-corrected chi connectivity index (χ3v) is 3.01. The largest absolute Gasteiger partial charge is 0.397 e. The summed E-state index contributed by atoms with van der Waals surface area (Å²) in [6.45, 7) is 0.631. The fourth-order valence-electron chi connectivity index (χ4n) is 1.52. The van der Waals surface area contributed by atoms with Crippen molar-refractivity contribution in [1.82, 2.24) is 14.8 Å². The second-order valence-corrected chi connectivity index (χ2v) is 4.72. The number of nitrogen functional groups attached to an aromatic ring is 1. The van der Waals surface area contributed by atoms with E-state index in [1.807, 2.05) is 7.05 Å². The van der Waals surface area contributed by atoms with E-state index in [0.29, 0.717) is 28.8 Å². The highest BCUT2D eigenvalue weighted by Crippen LogP contribution is 2.26. The number of hydrogen-bond acceptors (Lipinski definition) is 4. The summed E-state index contributed by atoms with van der Waals surface area (Å²) in [5.41, 5.74) is 6.79. The van der Waals surface area contributed by atoms with Gasteiger partial charge >= 0.3 is 0 Å². The minimum atomic E-state index is -0.371. The maximum atomic E-state index is 13.2. The zero-order valence-electron chi connectivity index (χ0n) is 9.82. The molecule has 1 heterocycles. The normalized spacial score (nSPS) is 10.6. The van der Waals surface area contributed by atoms with E-state index in [4.69, 9.17) is 5.73 Å². The molecule has 0 unspecified atom stereocenters. The lowest BCUT2D eigenvalue weighted by Crippen LogP contribution is -2.08. The van der Waals surface area contributed by atoms with Crippen LogP contribution in [0.5, 0.6) is 0 Å². The number of rotatable bonds is 4. The standard InChI is InChI=1S/C11H13BrFN5/c1-18-6-16-11(17-18)2-3-15-10-4-7(12)8(13)5-9(10)14/h4-6,15H,2-3,14H2,1H3. The van der Waals surface area contributed by atoms with Crippen LogP contribution in [0.25, 0.3) is 0 Å². The molecule has 5 nitrogen and oxygen atoms in total. The number of hydrogen-bond donors (Lipinski definition) is 2. The Morgan fingerprint density at radius 1 is 1.50 bits per heavy atom. The van der Waals surface area contributed by atoms with Gasteiger partial charge in [-0.25, -0.2) is 9.37 Å². The van der Waals surface area contributed by atoms with Gasteiger partial charge < -0.3 is 11.1 Å². The second kappa shape index (κ2) is 5.34. The molecule has 7 heteroatoms. The Labute approximate surface area is 112 Å². The summed E-state index contributed by atoms with van der Waals surface area (Å²) in [6, 6.07) is 2.90. The molecule has 0 aliphatic carbocycles. The van der Waals surface area contributed by atoms with Gasteiger partial charge in [-0.2, -0.15) is 5.10 Å². The number of anilines is 2. The molecule has 0 fully saturated rings. The van der Waals surface area contributed by atoms with E-state index in [-0.39, 0.29) is 5.82 Å². The number of halogens is 2. The molecule has 2 aromatic rings. The van der Waals surface area contributed by atoms with Gasteiger partial charge in [-0.1, -0.05) is 0 Å². The first-order chi connectivity index (χ1) is 8.56. The van der Waals surface area contributed by atoms with Crippen LogP contribution in [0.4, 0.5) is 15.8 Å². The van der Waals surface area contributed by atoms with E-state index >= 15 is 0 Å². The SMILES string of the molecule is Cn1cnc(CCNc2cc(Br)c(F)cc2N)n1. The molecule has 3 N–H and O–H groups in total. The van der Waals surface area contributed by atoms with Crippen LogP contribution in [0.1, 0.15) is 5.82 Å². The molecule has 2 rings (SSSR count). The van der Waals surface area contributed by atoms with Crippen molar-refractivity contribution in [3.8, 4) is 0 Å². The molecule has 0 aliphatic rings. The van der Waals surface area contributed by atoms with Gasteiger partial charge in [0.15, 0.2) is 5.82 Å². The topological polar surface area (TPSA) is 68.8 Å². The predicted octanol–water partition coefficient (Wildman–Crippen LogP) is 1.95.